The first-order valence-corrected chi connectivity index (χ1v) is 7.43. The van der Waals surface area contributed by atoms with Crippen LogP contribution in [-0.4, -0.2) is 15.5 Å². The molecule has 20 heavy (non-hydrogen) atoms. The van der Waals surface area contributed by atoms with Crippen molar-refractivity contribution in [1.29, 1.82) is 0 Å². The van der Waals surface area contributed by atoms with Gasteiger partial charge in [-0.2, -0.15) is 0 Å². The summed E-state index contributed by atoms with van der Waals surface area (Å²) >= 11 is 0. The normalized spacial score (nSPS) is 11.6. The van der Waals surface area contributed by atoms with Gasteiger partial charge in [-0.3, -0.25) is 0 Å². The largest absolute Gasteiger partial charge is 0.446 e. The van der Waals surface area contributed by atoms with E-state index in [4.69, 9.17) is 4.42 Å². The van der Waals surface area contributed by atoms with Crippen LogP contribution in [0.4, 0.5) is 10.1 Å². The Balaban J connectivity index is 2.08. The summed E-state index contributed by atoms with van der Waals surface area (Å²) in [4.78, 5) is 0. The van der Waals surface area contributed by atoms with Crippen LogP contribution < -0.4 is 10.0 Å². The predicted molar refractivity (Wildman–Crippen MR) is 73.4 cm³/mol. The number of halogens is 1. The maximum atomic E-state index is 13.6. The van der Waals surface area contributed by atoms with Gasteiger partial charge in [0.1, 0.15) is 11.6 Å². The van der Waals surface area contributed by atoms with Gasteiger partial charge in [0.25, 0.3) is 10.0 Å². The summed E-state index contributed by atoms with van der Waals surface area (Å²) in [5.41, 5.74) is 1.17. The molecule has 0 atom stereocenters. The topological polar surface area (TPSA) is 71.3 Å². The molecule has 1 aromatic heterocycles. The fourth-order valence-electron chi connectivity index (χ4n) is 1.64. The molecular formula is C13H15FN2O3S. The summed E-state index contributed by atoms with van der Waals surface area (Å²) in [5.74, 6) is 0.0402. The van der Waals surface area contributed by atoms with E-state index >= 15 is 0 Å². The van der Waals surface area contributed by atoms with Crippen LogP contribution in [0.25, 0.3) is 0 Å². The summed E-state index contributed by atoms with van der Waals surface area (Å²) < 4.78 is 43.9. The van der Waals surface area contributed by atoms with E-state index in [1.165, 1.54) is 25.2 Å². The highest BCUT2D eigenvalue weighted by molar-refractivity contribution is 7.89. The number of aryl methyl sites for hydroxylation is 1. The molecule has 0 aliphatic rings. The number of anilines is 1. The van der Waals surface area contributed by atoms with Crippen molar-refractivity contribution in [1.82, 2.24) is 4.72 Å². The maximum absolute atomic E-state index is 13.6. The smallest absolute Gasteiger partial charge is 0.273 e. The lowest BCUT2D eigenvalue weighted by Crippen LogP contribution is -2.17. The molecule has 1 aromatic carbocycles. The lowest BCUT2D eigenvalue weighted by atomic mass is 10.2. The Morgan fingerprint density at radius 3 is 2.65 bits per heavy atom. The van der Waals surface area contributed by atoms with Crippen molar-refractivity contribution in [3.63, 3.8) is 0 Å². The van der Waals surface area contributed by atoms with Gasteiger partial charge >= 0.3 is 0 Å². The number of sulfonamides is 1. The standard InChI is InChI=1S/C13H15FN2O3S/c1-9-3-5-12(11(14)7-9)16-8-10-4-6-13(19-10)20(17,18)15-2/h3-7,15-16H,8H2,1-2H3. The first-order chi connectivity index (χ1) is 9.42. The van der Waals surface area contributed by atoms with Gasteiger partial charge in [0.05, 0.1) is 12.2 Å². The fourth-order valence-corrected chi connectivity index (χ4v) is 2.31. The van der Waals surface area contributed by atoms with Gasteiger partial charge in [0, 0.05) is 0 Å². The Hall–Kier alpha value is -1.86. The third-order valence-electron chi connectivity index (χ3n) is 2.75. The lowest BCUT2D eigenvalue weighted by molar-refractivity contribution is 0.417. The van der Waals surface area contributed by atoms with E-state index in [0.717, 1.165) is 5.56 Å². The number of rotatable bonds is 5. The van der Waals surface area contributed by atoms with Gasteiger partial charge in [-0.1, -0.05) is 6.07 Å². The summed E-state index contributed by atoms with van der Waals surface area (Å²) in [6.45, 7) is 1.99. The minimum Gasteiger partial charge on any atom is -0.446 e. The molecule has 2 rings (SSSR count). The second-order valence-electron chi connectivity index (χ2n) is 4.27. The predicted octanol–water partition coefficient (Wildman–Crippen LogP) is 2.25. The molecule has 0 bridgehead atoms. The van der Waals surface area contributed by atoms with E-state index in [9.17, 15) is 12.8 Å². The SMILES string of the molecule is CNS(=O)(=O)c1ccc(CNc2ccc(C)cc2F)o1. The summed E-state index contributed by atoms with van der Waals surface area (Å²) in [7, 11) is -2.29. The molecule has 2 aromatic rings. The second-order valence-corrected chi connectivity index (χ2v) is 6.08. The number of benzene rings is 1. The molecule has 0 spiro atoms. The van der Waals surface area contributed by atoms with Crippen molar-refractivity contribution in [2.75, 3.05) is 12.4 Å². The van der Waals surface area contributed by atoms with Crippen LogP contribution in [-0.2, 0) is 16.6 Å². The molecule has 2 N–H and O–H groups in total. The average Bonchev–Trinajstić information content (AvgIpc) is 2.87. The number of furan rings is 1. The van der Waals surface area contributed by atoms with Crippen molar-refractivity contribution in [3.05, 3.63) is 47.5 Å². The van der Waals surface area contributed by atoms with Crippen LogP contribution >= 0.6 is 0 Å². The molecule has 0 saturated carbocycles. The molecule has 1 heterocycles. The molecule has 0 aliphatic carbocycles. The van der Waals surface area contributed by atoms with Gasteiger partial charge in [0.2, 0.25) is 5.09 Å². The minimum atomic E-state index is -3.59. The van der Waals surface area contributed by atoms with Crippen LogP contribution in [0.1, 0.15) is 11.3 Å². The first-order valence-electron chi connectivity index (χ1n) is 5.94. The third-order valence-corrected chi connectivity index (χ3v) is 4.03. The minimum absolute atomic E-state index is 0.166. The summed E-state index contributed by atoms with van der Waals surface area (Å²) in [6.07, 6.45) is 0. The van der Waals surface area contributed by atoms with E-state index in [1.807, 2.05) is 0 Å². The van der Waals surface area contributed by atoms with Crippen LogP contribution in [0.2, 0.25) is 0 Å². The zero-order valence-corrected chi connectivity index (χ0v) is 11.9. The molecule has 0 amide bonds. The van der Waals surface area contributed by atoms with Gasteiger partial charge in [-0.05, 0) is 43.8 Å². The van der Waals surface area contributed by atoms with Gasteiger partial charge < -0.3 is 9.73 Å². The molecule has 108 valence electrons. The monoisotopic (exact) mass is 298 g/mol. The van der Waals surface area contributed by atoms with Gasteiger partial charge in [-0.15, -0.1) is 0 Å². The van der Waals surface area contributed by atoms with E-state index in [0.29, 0.717) is 11.4 Å². The van der Waals surface area contributed by atoms with Crippen molar-refractivity contribution in [3.8, 4) is 0 Å². The summed E-state index contributed by atoms with van der Waals surface area (Å²) in [5, 5.41) is 2.69. The fraction of sp³-hybridized carbons (Fsp3) is 0.231. The Morgan fingerprint density at radius 2 is 2.00 bits per heavy atom. The van der Waals surface area contributed by atoms with Crippen molar-refractivity contribution in [2.45, 2.75) is 18.6 Å². The van der Waals surface area contributed by atoms with E-state index in [-0.39, 0.29) is 17.5 Å². The van der Waals surface area contributed by atoms with Crippen molar-refractivity contribution < 1.29 is 17.2 Å². The molecule has 7 heteroatoms. The van der Waals surface area contributed by atoms with Crippen molar-refractivity contribution >= 4 is 15.7 Å². The molecule has 0 radical (unpaired) electrons. The molecular weight excluding hydrogens is 283 g/mol. The molecule has 0 saturated heterocycles. The zero-order chi connectivity index (χ0) is 14.8. The van der Waals surface area contributed by atoms with Crippen LogP contribution in [0, 0.1) is 12.7 Å². The summed E-state index contributed by atoms with van der Waals surface area (Å²) in [6, 6.07) is 7.71. The maximum Gasteiger partial charge on any atom is 0.273 e. The zero-order valence-electron chi connectivity index (χ0n) is 11.1. The molecule has 0 unspecified atom stereocenters. The van der Waals surface area contributed by atoms with E-state index in [1.54, 1.807) is 19.1 Å². The number of nitrogens with one attached hydrogen (secondary N) is 2. The van der Waals surface area contributed by atoms with E-state index in [2.05, 4.69) is 10.0 Å². The lowest BCUT2D eigenvalue weighted by Gasteiger charge is -2.06. The van der Waals surface area contributed by atoms with Gasteiger partial charge in [0.15, 0.2) is 0 Å². The number of hydrogen-bond donors (Lipinski definition) is 2. The quantitative estimate of drug-likeness (QED) is 0.888. The second kappa shape index (κ2) is 5.64. The van der Waals surface area contributed by atoms with E-state index < -0.39 is 10.0 Å². The van der Waals surface area contributed by atoms with Crippen LogP contribution in [0.5, 0.6) is 0 Å². The Labute approximate surface area is 116 Å². The van der Waals surface area contributed by atoms with Crippen molar-refractivity contribution in [2.24, 2.45) is 0 Å². The highest BCUT2D eigenvalue weighted by Gasteiger charge is 2.16. The molecule has 0 aliphatic heterocycles. The molecule has 0 fully saturated rings. The van der Waals surface area contributed by atoms with Crippen LogP contribution in [0.3, 0.4) is 0 Å². The number of hydrogen-bond acceptors (Lipinski definition) is 4. The van der Waals surface area contributed by atoms with Crippen LogP contribution in [0.15, 0.2) is 39.8 Å². The van der Waals surface area contributed by atoms with Gasteiger partial charge in [-0.25, -0.2) is 17.5 Å². The Morgan fingerprint density at radius 1 is 1.25 bits per heavy atom. The average molecular weight is 298 g/mol. The Kier molecular flexibility index (Phi) is 4.10. The highest BCUT2D eigenvalue weighted by atomic mass is 32.2. The first kappa shape index (κ1) is 14.5. The highest BCUT2D eigenvalue weighted by Crippen LogP contribution is 2.18. The molecule has 5 nitrogen and oxygen atoms in total. The Bertz CT molecular complexity index is 710. The third kappa shape index (κ3) is 3.17.